The molecule has 130 valence electrons. The van der Waals surface area contributed by atoms with Crippen LogP contribution in [0.1, 0.15) is 32.3 Å². The van der Waals surface area contributed by atoms with Gasteiger partial charge < -0.3 is 5.11 Å². The fraction of sp³-hybridized carbons (Fsp3) is 0.667. The van der Waals surface area contributed by atoms with Gasteiger partial charge in [0.15, 0.2) is 9.84 Å². The molecule has 1 aliphatic heterocycles. The maximum absolute atomic E-state index is 11.9. The van der Waals surface area contributed by atoms with Gasteiger partial charge in [-0.15, -0.1) is 0 Å². The van der Waals surface area contributed by atoms with Crippen molar-refractivity contribution in [2.24, 2.45) is 11.8 Å². The Morgan fingerprint density at radius 3 is 2.52 bits per heavy atom. The summed E-state index contributed by atoms with van der Waals surface area (Å²) in [6.45, 7) is 5.80. The second-order valence-electron chi connectivity index (χ2n) is 7.03. The van der Waals surface area contributed by atoms with Crippen molar-refractivity contribution in [2.45, 2.75) is 39.3 Å². The second-order valence-corrected chi connectivity index (χ2v) is 9.26. The van der Waals surface area contributed by atoms with Crippen LogP contribution in [-0.4, -0.2) is 49.1 Å². The van der Waals surface area contributed by atoms with Crippen LogP contribution in [-0.2, 0) is 16.4 Å². The summed E-state index contributed by atoms with van der Waals surface area (Å²) >= 11 is 0. The molecule has 0 spiro atoms. The van der Waals surface area contributed by atoms with Gasteiger partial charge in [-0.2, -0.15) is 0 Å². The van der Waals surface area contributed by atoms with E-state index in [2.05, 4.69) is 30.9 Å². The minimum atomic E-state index is -2.89. The van der Waals surface area contributed by atoms with Gasteiger partial charge in [0.05, 0.1) is 18.1 Å². The molecule has 0 aliphatic carbocycles. The number of nitrogens with zero attached hydrogens (tertiary/aromatic N) is 1. The first-order valence-electron chi connectivity index (χ1n) is 8.50. The Kier molecular flexibility index (Phi) is 6.62. The highest BCUT2D eigenvalue weighted by atomic mass is 32.2. The first-order chi connectivity index (χ1) is 10.9. The molecule has 1 fully saturated rings. The Morgan fingerprint density at radius 1 is 1.26 bits per heavy atom. The highest BCUT2D eigenvalue weighted by Crippen LogP contribution is 2.23. The van der Waals surface area contributed by atoms with Crippen molar-refractivity contribution in [3.05, 3.63) is 35.9 Å². The highest BCUT2D eigenvalue weighted by Gasteiger charge is 2.29. The molecule has 1 aromatic rings. The molecule has 0 amide bonds. The van der Waals surface area contributed by atoms with Gasteiger partial charge in [-0.3, -0.25) is 4.90 Å². The van der Waals surface area contributed by atoms with Crippen LogP contribution in [0.15, 0.2) is 30.3 Å². The zero-order chi connectivity index (χ0) is 16.9. The van der Waals surface area contributed by atoms with E-state index in [0.717, 1.165) is 25.9 Å². The van der Waals surface area contributed by atoms with Crippen molar-refractivity contribution in [1.29, 1.82) is 0 Å². The lowest BCUT2D eigenvalue weighted by atomic mass is 9.98. The van der Waals surface area contributed by atoms with E-state index >= 15 is 0 Å². The van der Waals surface area contributed by atoms with Crippen molar-refractivity contribution < 1.29 is 13.5 Å². The van der Waals surface area contributed by atoms with Crippen LogP contribution < -0.4 is 0 Å². The first kappa shape index (κ1) is 18.4. The van der Waals surface area contributed by atoms with E-state index < -0.39 is 9.84 Å². The van der Waals surface area contributed by atoms with Crippen molar-refractivity contribution in [3.8, 4) is 0 Å². The average Bonchev–Trinajstić information content (AvgIpc) is 2.47. The van der Waals surface area contributed by atoms with Gasteiger partial charge in [0.2, 0.25) is 0 Å². The van der Waals surface area contributed by atoms with Crippen LogP contribution in [0, 0.1) is 11.8 Å². The number of hydrogen-bond donors (Lipinski definition) is 1. The Hall–Kier alpha value is -0.910. The fourth-order valence-electron chi connectivity index (χ4n) is 3.48. The van der Waals surface area contributed by atoms with E-state index in [1.165, 1.54) is 5.56 Å². The second kappa shape index (κ2) is 8.27. The summed E-state index contributed by atoms with van der Waals surface area (Å²) < 4.78 is 23.8. The molecule has 0 bridgehead atoms. The highest BCUT2D eigenvalue weighted by molar-refractivity contribution is 7.91. The minimum absolute atomic E-state index is 0.0554. The molecule has 0 unspecified atom stereocenters. The van der Waals surface area contributed by atoms with Gasteiger partial charge in [0.25, 0.3) is 0 Å². The summed E-state index contributed by atoms with van der Waals surface area (Å²) in [6.07, 6.45) is 1.72. The van der Waals surface area contributed by atoms with Gasteiger partial charge in [-0.1, -0.05) is 44.2 Å². The van der Waals surface area contributed by atoms with E-state index in [1.807, 2.05) is 18.2 Å². The van der Waals surface area contributed by atoms with Gasteiger partial charge in [0, 0.05) is 19.1 Å². The number of aliphatic hydroxyl groups is 1. The van der Waals surface area contributed by atoms with E-state index in [-0.39, 0.29) is 24.3 Å². The molecular formula is C18H29NO3S. The molecule has 4 nitrogen and oxygen atoms in total. The van der Waals surface area contributed by atoms with E-state index in [1.54, 1.807) is 0 Å². The third kappa shape index (κ3) is 5.59. The molecule has 5 heteroatoms. The van der Waals surface area contributed by atoms with E-state index in [4.69, 9.17) is 0 Å². The first-order valence-corrected chi connectivity index (χ1v) is 10.3. The molecule has 0 saturated carbocycles. The fourth-order valence-corrected chi connectivity index (χ4v) is 5.24. The maximum Gasteiger partial charge on any atom is 0.150 e. The summed E-state index contributed by atoms with van der Waals surface area (Å²) in [7, 11) is -2.89. The molecule has 2 rings (SSSR count). The average molecular weight is 340 g/mol. The summed E-state index contributed by atoms with van der Waals surface area (Å²) in [5, 5.41) is 9.82. The van der Waals surface area contributed by atoms with Crippen molar-refractivity contribution in [2.75, 3.05) is 24.7 Å². The van der Waals surface area contributed by atoms with E-state index in [9.17, 15) is 13.5 Å². The van der Waals surface area contributed by atoms with Gasteiger partial charge in [0.1, 0.15) is 0 Å². The largest absolute Gasteiger partial charge is 0.395 e. The van der Waals surface area contributed by atoms with Gasteiger partial charge >= 0.3 is 0 Å². The number of benzene rings is 1. The number of aliphatic hydroxyl groups excluding tert-OH is 1. The molecule has 0 radical (unpaired) electrons. The van der Waals surface area contributed by atoms with Gasteiger partial charge in [-0.25, -0.2) is 8.42 Å². The molecule has 1 aromatic carbocycles. The summed E-state index contributed by atoms with van der Waals surface area (Å²) in [6, 6.07) is 10.2. The number of sulfone groups is 1. The topological polar surface area (TPSA) is 57.6 Å². The van der Waals surface area contributed by atoms with Gasteiger partial charge in [-0.05, 0) is 30.2 Å². The van der Waals surface area contributed by atoms with Crippen LogP contribution in [0.25, 0.3) is 0 Å². The summed E-state index contributed by atoms with van der Waals surface area (Å²) in [5.74, 6) is 1.11. The maximum atomic E-state index is 11.9. The summed E-state index contributed by atoms with van der Waals surface area (Å²) in [4.78, 5) is 2.27. The molecule has 1 heterocycles. The molecule has 1 aliphatic rings. The molecule has 2 atom stereocenters. The third-order valence-electron chi connectivity index (χ3n) is 4.70. The standard InChI is InChI=1S/C18H29NO3S/c1-15(2)18(13-20)19(11-16-7-4-3-5-8-16)12-17-9-6-10-23(21,22)14-17/h3-5,7-8,15,17-18,20H,6,9-14H2,1-2H3/t17-,18+/m1/s1. The van der Waals surface area contributed by atoms with Crippen molar-refractivity contribution in [1.82, 2.24) is 4.90 Å². The molecule has 0 aromatic heterocycles. The van der Waals surface area contributed by atoms with Crippen LogP contribution in [0.4, 0.5) is 0 Å². The monoisotopic (exact) mass is 339 g/mol. The number of rotatable bonds is 7. The SMILES string of the molecule is CC(C)[C@H](CO)N(Cc1ccccc1)C[C@H]1CCCS(=O)(=O)C1. The van der Waals surface area contributed by atoms with Crippen LogP contribution in [0.5, 0.6) is 0 Å². The molecular weight excluding hydrogens is 310 g/mol. The van der Waals surface area contributed by atoms with E-state index in [0.29, 0.717) is 11.7 Å². The zero-order valence-electron chi connectivity index (χ0n) is 14.2. The zero-order valence-corrected chi connectivity index (χ0v) is 15.0. The van der Waals surface area contributed by atoms with Crippen LogP contribution >= 0.6 is 0 Å². The van der Waals surface area contributed by atoms with Crippen molar-refractivity contribution in [3.63, 3.8) is 0 Å². The third-order valence-corrected chi connectivity index (χ3v) is 6.59. The lowest BCUT2D eigenvalue weighted by molar-refractivity contribution is 0.0716. The normalized spacial score (nSPS) is 22.4. The van der Waals surface area contributed by atoms with Crippen LogP contribution in [0.3, 0.4) is 0 Å². The minimum Gasteiger partial charge on any atom is -0.395 e. The van der Waals surface area contributed by atoms with Crippen molar-refractivity contribution >= 4 is 9.84 Å². The molecule has 23 heavy (non-hydrogen) atoms. The summed E-state index contributed by atoms with van der Waals surface area (Å²) in [5.41, 5.74) is 1.20. The Bertz CT molecular complexity index is 571. The Labute approximate surface area is 140 Å². The lowest BCUT2D eigenvalue weighted by Crippen LogP contribution is -2.45. The molecule has 1 N–H and O–H groups in total. The molecule has 1 saturated heterocycles. The quantitative estimate of drug-likeness (QED) is 0.828. The predicted octanol–water partition coefficient (Wildman–Crippen LogP) is 2.33. The smallest absolute Gasteiger partial charge is 0.150 e. The number of hydrogen-bond acceptors (Lipinski definition) is 4. The lowest BCUT2D eigenvalue weighted by Gasteiger charge is -2.36. The Balaban J connectivity index is 2.12. The predicted molar refractivity (Wildman–Crippen MR) is 93.9 cm³/mol. The Morgan fingerprint density at radius 2 is 1.96 bits per heavy atom. The van der Waals surface area contributed by atoms with Crippen LogP contribution in [0.2, 0.25) is 0 Å².